The average Bonchev–Trinajstić information content (AvgIpc) is 2.69. The molecule has 33 heavy (non-hydrogen) atoms. The predicted octanol–water partition coefficient (Wildman–Crippen LogP) is 4.88. The SMILES string of the molecule is C[C@H]1CN(C2(C)CCN(C(=O)OC(C)(C)C)CC2)CCN1Cc1ccc(OC(F)(F)F)cc1. The monoisotopic (exact) mass is 471 g/mol. The number of piperidine rings is 1. The molecule has 2 fully saturated rings. The van der Waals surface area contributed by atoms with Crippen LogP contribution in [-0.2, 0) is 11.3 Å². The molecule has 2 heterocycles. The van der Waals surface area contributed by atoms with Crippen LogP contribution in [0.25, 0.3) is 0 Å². The summed E-state index contributed by atoms with van der Waals surface area (Å²) >= 11 is 0. The summed E-state index contributed by atoms with van der Waals surface area (Å²) in [5.41, 5.74) is 0.506. The highest BCUT2D eigenvalue weighted by molar-refractivity contribution is 5.68. The summed E-state index contributed by atoms with van der Waals surface area (Å²) in [6.45, 7) is 14.9. The summed E-state index contributed by atoms with van der Waals surface area (Å²) in [5.74, 6) is -0.199. The fourth-order valence-electron chi connectivity index (χ4n) is 4.57. The molecule has 0 unspecified atom stereocenters. The number of piperazine rings is 1. The molecule has 1 aromatic rings. The highest BCUT2D eigenvalue weighted by atomic mass is 19.4. The molecule has 0 spiro atoms. The Balaban J connectivity index is 1.50. The lowest BCUT2D eigenvalue weighted by Gasteiger charge is -2.51. The van der Waals surface area contributed by atoms with Gasteiger partial charge < -0.3 is 14.4 Å². The van der Waals surface area contributed by atoms with Crippen LogP contribution < -0.4 is 4.74 Å². The van der Waals surface area contributed by atoms with E-state index in [1.54, 1.807) is 17.0 Å². The van der Waals surface area contributed by atoms with Crippen LogP contribution in [0.3, 0.4) is 0 Å². The lowest BCUT2D eigenvalue weighted by Crippen LogP contribution is -2.62. The van der Waals surface area contributed by atoms with Crippen molar-refractivity contribution in [3.05, 3.63) is 29.8 Å². The van der Waals surface area contributed by atoms with Crippen LogP contribution in [-0.4, -0.2) is 77.1 Å². The summed E-state index contributed by atoms with van der Waals surface area (Å²) in [7, 11) is 0. The van der Waals surface area contributed by atoms with Gasteiger partial charge in [-0.2, -0.15) is 0 Å². The fraction of sp³-hybridized carbons (Fsp3) is 0.708. The van der Waals surface area contributed by atoms with Gasteiger partial charge in [0.2, 0.25) is 0 Å². The minimum atomic E-state index is -4.68. The van der Waals surface area contributed by atoms with Crippen molar-refractivity contribution in [1.29, 1.82) is 0 Å². The molecule has 186 valence electrons. The van der Waals surface area contributed by atoms with Crippen molar-refractivity contribution in [3.8, 4) is 5.75 Å². The van der Waals surface area contributed by atoms with Crippen molar-refractivity contribution in [2.24, 2.45) is 0 Å². The number of benzene rings is 1. The molecule has 0 aliphatic carbocycles. The van der Waals surface area contributed by atoms with Gasteiger partial charge in [-0.25, -0.2) is 4.79 Å². The Morgan fingerprint density at radius 2 is 1.67 bits per heavy atom. The second-order valence-electron chi connectivity index (χ2n) is 10.4. The molecule has 6 nitrogen and oxygen atoms in total. The van der Waals surface area contributed by atoms with Gasteiger partial charge in [-0.3, -0.25) is 9.80 Å². The van der Waals surface area contributed by atoms with Crippen LogP contribution in [0, 0.1) is 0 Å². The first-order valence-electron chi connectivity index (χ1n) is 11.6. The van der Waals surface area contributed by atoms with Gasteiger partial charge in [-0.15, -0.1) is 13.2 Å². The molecule has 2 aliphatic heterocycles. The van der Waals surface area contributed by atoms with Crippen LogP contribution >= 0.6 is 0 Å². The minimum absolute atomic E-state index is 0.0371. The Morgan fingerprint density at radius 1 is 1.06 bits per heavy atom. The summed E-state index contributed by atoms with van der Waals surface area (Å²) in [5, 5.41) is 0. The molecule has 1 amide bonds. The molecule has 0 saturated carbocycles. The third kappa shape index (κ3) is 7.24. The Hall–Kier alpha value is -2.00. The van der Waals surface area contributed by atoms with E-state index in [9.17, 15) is 18.0 Å². The van der Waals surface area contributed by atoms with E-state index in [0.717, 1.165) is 38.0 Å². The van der Waals surface area contributed by atoms with E-state index in [2.05, 4.69) is 28.4 Å². The van der Waals surface area contributed by atoms with E-state index in [1.165, 1.54) is 12.1 Å². The zero-order valence-corrected chi connectivity index (χ0v) is 20.2. The van der Waals surface area contributed by atoms with E-state index in [0.29, 0.717) is 25.7 Å². The van der Waals surface area contributed by atoms with Gasteiger partial charge >= 0.3 is 12.5 Å². The van der Waals surface area contributed by atoms with Gasteiger partial charge in [0, 0.05) is 50.8 Å². The first kappa shape index (κ1) is 25.6. The van der Waals surface area contributed by atoms with E-state index in [1.807, 2.05) is 20.8 Å². The molecule has 0 radical (unpaired) electrons. The van der Waals surface area contributed by atoms with Crippen molar-refractivity contribution < 1.29 is 27.4 Å². The number of halogens is 3. The molecule has 1 aromatic carbocycles. The third-order valence-electron chi connectivity index (χ3n) is 6.56. The van der Waals surface area contributed by atoms with Crippen molar-refractivity contribution >= 4 is 6.09 Å². The lowest BCUT2D eigenvalue weighted by atomic mass is 9.86. The molecule has 0 aromatic heterocycles. The van der Waals surface area contributed by atoms with E-state index < -0.39 is 12.0 Å². The van der Waals surface area contributed by atoms with Gasteiger partial charge in [-0.05, 0) is 65.2 Å². The van der Waals surface area contributed by atoms with Gasteiger partial charge in [0.1, 0.15) is 11.4 Å². The Bertz CT molecular complexity index is 800. The van der Waals surface area contributed by atoms with E-state index in [-0.39, 0.29) is 17.4 Å². The predicted molar refractivity (Wildman–Crippen MR) is 120 cm³/mol. The Morgan fingerprint density at radius 3 is 2.18 bits per heavy atom. The molecular formula is C24H36F3N3O3. The number of hydrogen-bond acceptors (Lipinski definition) is 5. The fourth-order valence-corrected chi connectivity index (χ4v) is 4.57. The highest BCUT2D eigenvalue weighted by Crippen LogP contribution is 2.32. The number of nitrogens with zero attached hydrogens (tertiary/aromatic N) is 3. The van der Waals surface area contributed by atoms with Crippen molar-refractivity contribution in [2.45, 2.75) is 77.5 Å². The van der Waals surface area contributed by atoms with Crippen LogP contribution in [0.15, 0.2) is 24.3 Å². The summed E-state index contributed by atoms with van der Waals surface area (Å²) in [4.78, 5) is 19.1. The smallest absolute Gasteiger partial charge is 0.444 e. The minimum Gasteiger partial charge on any atom is -0.444 e. The van der Waals surface area contributed by atoms with Gasteiger partial charge in [0.05, 0.1) is 0 Å². The largest absolute Gasteiger partial charge is 0.573 e. The number of carbonyl (C=O) groups is 1. The molecule has 1 atom stereocenters. The highest BCUT2D eigenvalue weighted by Gasteiger charge is 2.40. The number of ether oxygens (including phenoxy) is 2. The molecule has 3 rings (SSSR count). The number of hydrogen-bond donors (Lipinski definition) is 0. The molecule has 0 bridgehead atoms. The zero-order valence-electron chi connectivity index (χ0n) is 20.2. The average molecular weight is 472 g/mol. The lowest BCUT2D eigenvalue weighted by molar-refractivity contribution is -0.274. The molecule has 2 saturated heterocycles. The molecule has 2 aliphatic rings. The number of likely N-dealkylation sites (tertiary alicyclic amines) is 1. The van der Waals surface area contributed by atoms with Crippen LogP contribution in [0.2, 0.25) is 0 Å². The standard InChI is InChI=1S/C24H36F3N3O3/c1-18-16-30(23(5)10-12-28(13-11-23)21(31)33-22(2,3)4)15-14-29(18)17-19-6-8-20(9-7-19)32-24(25,26)27/h6-9,18H,10-17H2,1-5H3/t18-/m0/s1. The second kappa shape index (κ2) is 9.70. The van der Waals surface area contributed by atoms with E-state index in [4.69, 9.17) is 4.74 Å². The number of alkyl halides is 3. The maximum absolute atomic E-state index is 12.4. The van der Waals surface area contributed by atoms with Crippen LogP contribution in [0.5, 0.6) is 5.75 Å². The zero-order chi connectivity index (χ0) is 24.4. The molecular weight excluding hydrogens is 435 g/mol. The van der Waals surface area contributed by atoms with Gasteiger partial charge in [0.15, 0.2) is 0 Å². The molecule has 0 N–H and O–H groups in total. The maximum atomic E-state index is 12.4. The van der Waals surface area contributed by atoms with Crippen molar-refractivity contribution in [2.75, 3.05) is 32.7 Å². The summed E-state index contributed by atoms with van der Waals surface area (Å²) < 4.78 is 46.5. The van der Waals surface area contributed by atoms with Gasteiger partial charge in [0.25, 0.3) is 0 Å². The number of amides is 1. The Kier molecular flexibility index (Phi) is 7.53. The maximum Gasteiger partial charge on any atom is 0.573 e. The van der Waals surface area contributed by atoms with E-state index >= 15 is 0 Å². The van der Waals surface area contributed by atoms with Gasteiger partial charge in [-0.1, -0.05) is 12.1 Å². The quantitative estimate of drug-likeness (QED) is 0.626. The van der Waals surface area contributed by atoms with Crippen LogP contribution in [0.4, 0.5) is 18.0 Å². The number of rotatable bonds is 4. The summed E-state index contributed by atoms with van der Waals surface area (Å²) in [6.07, 6.45) is -3.11. The second-order valence-corrected chi connectivity index (χ2v) is 10.4. The van der Waals surface area contributed by atoms with Crippen molar-refractivity contribution in [3.63, 3.8) is 0 Å². The Labute approximate surface area is 194 Å². The van der Waals surface area contributed by atoms with Crippen LogP contribution in [0.1, 0.15) is 53.0 Å². The first-order chi connectivity index (χ1) is 15.2. The first-order valence-corrected chi connectivity index (χ1v) is 11.6. The summed E-state index contributed by atoms with van der Waals surface area (Å²) in [6, 6.07) is 6.42. The third-order valence-corrected chi connectivity index (χ3v) is 6.56. The topological polar surface area (TPSA) is 45.2 Å². The molecule has 9 heteroatoms. The number of carbonyl (C=O) groups excluding carboxylic acids is 1. The normalized spacial score (nSPS) is 22.8. The van der Waals surface area contributed by atoms with Crippen molar-refractivity contribution in [1.82, 2.24) is 14.7 Å².